The average molecular weight is 233 g/mol. The molecule has 2 atom stereocenters. The molecule has 0 aliphatic carbocycles. The molecule has 0 amide bonds. The first-order chi connectivity index (χ1) is 8.09. The van der Waals surface area contributed by atoms with Crippen LogP contribution < -0.4 is 0 Å². The molecule has 0 saturated carbocycles. The molecule has 3 heteroatoms. The maximum atomic E-state index is 11.6. The van der Waals surface area contributed by atoms with Crippen LogP contribution in [0.3, 0.4) is 0 Å². The van der Waals surface area contributed by atoms with Gasteiger partial charge >= 0.3 is 5.97 Å². The SMILES string of the molecule is CC(C)C1C(C)C(=O)ON1Cc1ccccc1. The van der Waals surface area contributed by atoms with Gasteiger partial charge in [-0.25, -0.2) is 4.79 Å². The third kappa shape index (κ3) is 2.50. The molecular weight excluding hydrogens is 214 g/mol. The van der Waals surface area contributed by atoms with Crippen molar-refractivity contribution in [3.8, 4) is 0 Å². The summed E-state index contributed by atoms with van der Waals surface area (Å²) in [5.74, 6) is 0.249. The minimum absolute atomic E-state index is 0.0429. The summed E-state index contributed by atoms with van der Waals surface area (Å²) in [6, 6.07) is 10.3. The van der Waals surface area contributed by atoms with Crippen LogP contribution in [0.25, 0.3) is 0 Å². The molecule has 0 radical (unpaired) electrons. The van der Waals surface area contributed by atoms with Crippen molar-refractivity contribution in [2.75, 3.05) is 0 Å². The number of hydrogen-bond donors (Lipinski definition) is 0. The molecule has 2 rings (SSSR count). The van der Waals surface area contributed by atoms with Crippen LogP contribution in [0, 0.1) is 11.8 Å². The van der Waals surface area contributed by atoms with E-state index in [2.05, 4.69) is 13.8 Å². The number of rotatable bonds is 3. The van der Waals surface area contributed by atoms with E-state index < -0.39 is 0 Å². The molecule has 0 N–H and O–H groups in total. The third-order valence-electron chi connectivity index (χ3n) is 3.29. The largest absolute Gasteiger partial charge is 0.367 e. The third-order valence-corrected chi connectivity index (χ3v) is 3.29. The number of nitrogens with zero attached hydrogens (tertiary/aromatic N) is 1. The number of hydrogen-bond acceptors (Lipinski definition) is 3. The van der Waals surface area contributed by atoms with E-state index in [-0.39, 0.29) is 17.9 Å². The Morgan fingerprint density at radius 1 is 1.29 bits per heavy atom. The Balaban J connectivity index is 2.12. The number of carbonyl (C=O) groups excluding carboxylic acids is 1. The second-order valence-corrected chi connectivity index (χ2v) is 4.99. The van der Waals surface area contributed by atoms with E-state index in [1.807, 2.05) is 42.3 Å². The van der Waals surface area contributed by atoms with E-state index in [4.69, 9.17) is 4.84 Å². The fourth-order valence-electron chi connectivity index (χ4n) is 2.46. The van der Waals surface area contributed by atoms with Gasteiger partial charge in [-0.3, -0.25) is 0 Å². The van der Waals surface area contributed by atoms with Gasteiger partial charge in [-0.1, -0.05) is 51.1 Å². The smallest absolute Gasteiger partial charge is 0.329 e. The van der Waals surface area contributed by atoms with Crippen molar-refractivity contribution in [1.29, 1.82) is 0 Å². The number of benzene rings is 1. The monoisotopic (exact) mass is 233 g/mol. The summed E-state index contributed by atoms with van der Waals surface area (Å²) in [7, 11) is 0. The van der Waals surface area contributed by atoms with Crippen LogP contribution in [0.4, 0.5) is 0 Å². The van der Waals surface area contributed by atoms with Gasteiger partial charge in [-0.2, -0.15) is 0 Å². The Hall–Kier alpha value is -1.35. The normalized spacial score (nSPS) is 25.3. The number of carbonyl (C=O) groups is 1. The van der Waals surface area contributed by atoms with E-state index in [0.29, 0.717) is 12.5 Å². The van der Waals surface area contributed by atoms with Gasteiger partial charge in [0, 0.05) is 0 Å². The van der Waals surface area contributed by atoms with Crippen molar-refractivity contribution in [2.45, 2.75) is 33.4 Å². The first kappa shape index (κ1) is 12.1. The first-order valence-electron chi connectivity index (χ1n) is 6.12. The lowest BCUT2D eigenvalue weighted by Crippen LogP contribution is -2.35. The summed E-state index contributed by atoms with van der Waals surface area (Å²) in [5, 5.41) is 1.83. The molecule has 2 unspecified atom stereocenters. The van der Waals surface area contributed by atoms with Crippen LogP contribution in [-0.2, 0) is 16.2 Å². The summed E-state index contributed by atoms with van der Waals surface area (Å²) in [4.78, 5) is 17.0. The first-order valence-corrected chi connectivity index (χ1v) is 6.12. The molecule has 1 fully saturated rings. The minimum atomic E-state index is -0.111. The van der Waals surface area contributed by atoms with Gasteiger partial charge in [0.15, 0.2) is 0 Å². The zero-order chi connectivity index (χ0) is 12.4. The van der Waals surface area contributed by atoms with Gasteiger partial charge in [-0.15, -0.1) is 5.06 Å². The molecule has 1 aliphatic rings. The van der Waals surface area contributed by atoms with Crippen LogP contribution in [0.2, 0.25) is 0 Å². The lowest BCUT2D eigenvalue weighted by Gasteiger charge is -2.25. The summed E-state index contributed by atoms with van der Waals surface area (Å²) in [5.41, 5.74) is 1.17. The molecule has 1 aromatic carbocycles. The zero-order valence-corrected chi connectivity index (χ0v) is 10.6. The van der Waals surface area contributed by atoms with E-state index in [9.17, 15) is 4.79 Å². The Morgan fingerprint density at radius 3 is 2.53 bits per heavy atom. The predicted molar refractivity (Wildman–Crippen MR) is 65.9 cm³/mol. The maximum absolute atomic E-state index is 11.6. The van der Waals surface area contributed by atoms with Crippen molar-refractivity contribution in [3.05, 3.63) is 35.9 Å². The Kier molecular flexibility index (Phi) is 3.48. The molecule has 17 heavy (non-hydrogen) atoms. The summed E-state index contributed by atoms with van der Waals surface area (Å²) in [6.45, 7) is 6.86. The number of hydroxylamine groups is 2. The maximum Gasteiger partial charge on any atom is 0.329 e. The summed E-state index contributed by atoms with van der Waals surface area (Å²) < 4.78 is 0. The lowest BCUT2D eigenvalue weighted by atomic mass is 9.92. The van der Waals surface area contributed by atoms with Crippen LogP contribution in [0.1, 0.15) is 26.3 Å². The van der Waals surface area contributed by atoms with E-state index >= 15 is 0 Å². The highest BCUT2D eigenvalue weighted by atomic mass is 16.7. The quantitative estimate of drug-likeness (QED) is 0.803. The van der Waals surface area contributed by atoms with Gasteiger partial charge in [0.2, 0.25) is 0 Å². The standard InChI is InChI=1S/C14H19NO2/c1-10(2)13-11(3)14(16)17-15(13)9-12-7-5-4-6-8-12/h4-8,10-11,13H,9H2,1-3H3. The molecule has 1 aliphatic heterocycles. The van der Waals surface area contributed by atoms with Crippen molar-refractivity contribution >= 4 is 5.97 Å². The molecule has 0 aromatic heterocycles. The second-order valence-electron chi connectivity index (χ2n) is 4.99. The topological polar surface area (TPSA) is 29.5 Å². The van der Waals surface area contributed by atoms with Crippen molar-refractivity contribution in [3.63, 3.8) is 0 Å². The molecule has 1 aromatic rings. The average Bonchev–Trinajstić information content (AvgIpc) is 2.56. The predicted octanol–water partition coefficient (Wildman–Crippen LogP) is 2.62. The van der Waals surface area contributed by atoms with Gasteiger partial charge in [-0.05, 0) is 11.5 Å². The molecule has 1 heterocycles. The molecule has 92 valence electrons. The van der Waals surface area contributed by atoms with Crippen LogP contribution in [0.15, 0.2) is 30.3 Å². The van der Waals surface area contributed by atoms with Gasteiger partial charge < -0.3 is 4.84 Å². The van der Waals surface area contributed by atoms with Crippen LogP contribution in [0.5, 0.6) is 0 Å². The highest BCUT2D eigenvalue weighted by Crippen LogP contribution is 2.29. The fraction of sp³-hybridized carbons (Fsp3) is 0.500. The van der Waals surface area contributed by atoms with Crippen molar-refractivity contribution in [2.24, 2.45) is 11.8 Å². The van der Waals surface area contributed by atoms with Crippen molar-refractivity contribution in [1.82, 2.24) is 5.06 Å². The molecule has 0 spiro atoms. The van der Waals surface area contributed by atoms with Gasteiger partial charge in [0.05, 0.1) is 18.5 Å². The highest BCUT2D eigenvalue weighted by molar-refractivity contribution is 5.74. The van der Waals surface area contributed by atoms with Gasteiger partial charge in [0.25, 0.3) is 0 Å². The second kappa shape index (κ2) is 4.88. The Labute approximate surface area is 102 Å². The van der Waals surface area contributed by atoms with E-state index in [1.54, 1.807) is 0 Å². The van der Waals surface area contributed by atoms with Crippen LogP contribution >= 0.6 is 0 Å². The molecule has 0 bridgehead atoms. The zero-order valence-electron chi connectivity index (χ0n) is 10.6. The van der Waals surface area contributed by atoms with Crippen LogP contribution in [-0.4, -0.2) is 17.1 Å². The Bertz CT molecular complexity index is 388. The lowest BCUT2D eigenvalue weighted by molar-refractivity contribution is -0.180. The van der Waals surface area contributed by atoms with Crippen molar-refractivity contribution < 1.29 is 9.63 Å². The minimum Gasteiger partial charge on any atom is -0.367 e. The van der Waals surface area contributed by atoms with E-state index in [1.165, 1.54) is 5.56 Å². The summed E-state index contributed by atoms with van der Waals surface area (Å²) >= 11 is 0. The van der Waals surface area contributed by atoms with E-state index in [0.717, 1.165) is 0 Å². The van der Waals surface area contributed by atoms with Gasteiger partial charge in [0.1, 0.15) is 0 Å². The molecule has 3 nitrogen and oxygen atoms in total. The summed E-state index contributed by atoms with van der Waals surface area (Å²) in [6.07, 6.45) is 0. The Morgan fingerprint density at radius 2 is 1.94 bits per heavy atom. The highest BCUT2D eigenvalue weighted by Gasteiger charge is 2.41. The fourth-order valence-corrected chi connectivity index (χ4v) is 2.46. The molecule has 1 saturated heterocycles. The molecular formula is C14H19NO2.